The van der Waals surface area contributed by atoms with Crippen LogP contribution in [-0.2, 0) is 10.0 Å². The number of aryl methyl sites for hydroxylation is 1. The Morgan fingerprint density at radius 3 is 2.55 bits per heavy atom. The van der Waals surface area contributed by atoms with Gasteiger partial charge in [0.25, 0.3) is 0 Å². The molecule has 1 aromatic carbocycles. The van der Waals surface area contributed by atoms with E-state index in [1.165, 1.54) is 6.07 Å². The Labute approximate surface area is 120 Å². The van der Waals surface area contributed by atoms with E-state index in [4.69, 9.17) is 0 Å². The molecule has 0 spiro atoms. The Kier molecular flexibility index (Phi) is 6.42. The second kappa shape index (κ2) is 7.59. The van der Waals surface area contributed by atoms with E-state index in [1.807, 2.05) is 13.8 Å². The van der Waals surface area contributed by atoms with Crippen molar-refractivity contribution in [3.63, 3.8) is 0 Å². The highest BCUT2D eigenvalue weighted by Gasteiger charge is 2.11. The molecule has 0 heterocycles. The zero-order valence-corrected chi connectivity index (χ0v) is 13.1. The molecule has 0 radical (unpaired) electrons. The number of anilines is 1. The summed E-state index contributed by atoms with van der Waals surface area (Å²) in [6.45, 7) is 6.52. The third-order valence-corrected chi connectivity index (χ3v) is 4.21. The van der Waals surface area contributed by atoms with Crippen LogP contribution in [0.2, 0.25) is 0 Å². The van der Waals surface area contributed by atoms with Gasteiger partial charge in [0.2, 0.25) is 10.0 Å². The average molecular weight is 302 g/mol. The highest BCUT2D eigenvalue weighted by molar-refractivity contribution is 7.92. The Bertz CT molecular complexity index is 530. The Balaban J connectivity index is 2.43. The maximum atomic E-state index is 13.3. The zero-order valence-electron chi connectivity index (χ0n) is 12.2. The summed E-state index contributed by atoms with van der Waals surface area (Å²) in [5, 5.41) is 3.23. The van der Waals surface area contributed by atoms with Crippen molar-refractivity contribution in [3.05, 3.63) is 29.6 Å². The van der Waals surface area contributed by atoms with Crippen molar-refractivity contribution in [2.45, 2.75) is 39.7 Å². The number of halogens is 1. The minimum atomic E-state index is -3.41. The molecule has 0 saturated heterocycles. The van der Waals surface area contributed by atoms with E-state index < -0.39 is 15.8 Å². The van der Waals surface area contributed by atoms with Gasteiger partial charge in [-0.1, -0.05) is 19.9 Å². The van der Waals surface area contributed by atoms with Crippen LogP contribution in [0.4, 0.5) is 10.1 Å². The van der Waals surface area contributed by atoms with Crippen LogP contribution >= 0.6 is 0 Å². The zero-order chi connectivity index (χ0) is 15.2. The summed E-state index contributed by atoms with van der Waals surface area (Å²) in [6.07, 6.45) is 1.37. The van der Waals surface area contributed by atoms with Crippen LogP contribution in [0.5, 0.6) is 0 Å². The third-order valence-electron chi connectivity index (χ3n) is 2.84. The van der Waals surface area contributed by atoms with E-state index in [9.17, 15) is 12.8 Å². The molecular weight excluding hydrogens is 279 g/mol. The number of nitrogens with one attached hydrogen (secondary N) is 2. The Morgan fingerprint density at radius 2 is 1.95 bits per heavy atom. The highest BCUT2D eigenvalue weighted by atomic mass is 32.2. The second-order valence-corrected chi connectivity index (χ2v) is 7.04. The molecule has 0 unspecified atom stereocenters. The van der Waals surface area contributed by atoms with Gasteiger partial charge in [-0.3, -0.25) is 4.72 Å². The quantitative estimate of drug-likeness (QED) is 0.726. The Hall–Kier alpha value is -1.14. The van der Waals surface area contributed by atoms with Gasteiger partial charge in [0.1, 0.15) is 5.82 Å². The minimum absolute atomic E-state index is 0.0439. The number of rotatable bonds is 8. The molecule has 0 fully saturated rings. The molecule has 0 aliphatic carbocycles. The molecule has 2 N–H and O–H groups in total. The molecule has 4 nitrogen and oxygen atoms in total. The lowest BCUT2D eigenvalue weighted by Crippen LogP contribution is -2.24. The van der Waals surface area contributed by atoms with Crippen molar-refractivity contribution in [2.24, 2.45) is 0 Å². The summed E-state index contributed by atoms with van der Waals surface area (Å²) >= 11 is 0. The number of benzene rings is 1. The molecule has 0 amide bonds. The average Bonchev–Trinajstić information content (AvgIpc) is 2.32. The third kappa shape index (κ3) is 6.34. The lowest BCUT2D eigenvalue weighted by atomic mass is 10.2. The molecule has 1 aromatic rings. The summed E-state index contributed by atoms with van der Waals surface area (Å²) in [5.74, 6) is -0.367. The van der Waals surface area contributed by atoms with E-state index in [0.29, 0.717) is 18.0 Å². The van der Waals surface area contributed by atoms with Gasteiger partial charge < -0.3 is 5.32 Å². The van der Waals surface area contributed by atoms with Gasteiger partial charge in [0.15, 0.2) is 0 Å². The summed E-state index contributed by atoms with van der Waals surface area (Å²) in [6, 6.07) is 4.73. The summed E-state index contributed by atoms with van der Waals surface area (Å²) < 4.78 is 39.4. The van der Waals surface area contributed by atoms with Crippen molar-refractivity contribution in [2.75, 3.05) is 17.0 Å². The van der Waals surface area contributed by atoms with Crippen LogP contribution in [-0.4, -0.2) is 26.8 Å². The van der Waals surface area contributed by atoms with Gasteiger partial charge in [-0.2, -0.15) is 0 Å². The van der Waals surface area contributed by atoms with Crippen molar-refractivity contribution in [1.82, 2.24) is 5.32 Å². The molecular formula is C14H23FN2O2S. The van der Waals surface area contributed by atoms with E-state index in [0.717, 1.165) is 13.0 Å². The van der Waals surface area contributed by atoms with Crippen molar-refractivity contribution in [1.29, 1.82) is 0 Å². The minimum Gasteiger partial charge on any atom is -0.315 e. The topological polar surface area (TPSA) is 58.2 Å². The molecule has 6 heteroatoms. The van der Waals surface area contributed by atoms with Gasteiger partial charge in [-0.15, -0.1) is 0 Å². The van der Waals surface area contributed by atoms with Crippen LogP contribution in [0.25, 0.3) is 0 Å². The second-order valence-electron chi connectivity index (χ2n) is 5.20. The molecule has 0 aromatic heterocycles. The maximum Gasteiger partial charge on any atom is 0.232 e. The van der Waals surface area contributed by atoms with Gasteiger partial charge >= 0.3 is 0 Å². The summed E-state index contributed by atoms with van der Waals surface area (Å²) in [4.78, 5) is 0. The fourth-order valence-electron chi connectivity index (χ4n) is 1.69. The van der Waals surface area contributed by atoms with Crippen molar-refractivity contribution >= 4 is 15.7 Å². The predicted molar refractivity (Wildman–Crippen MR) is 80.9 cm³/mol. The van der Waals surface area contributed by atoms with Crippen LogP contribution < -0.4 is 10.0 Å². The SMILES string of the molecule is Cc1ccc(NS(=O)(=O)CCCCNC(C)C)cc1F. The first-order chi connectivity index (χ1) is 9.30. The van der Waals surface area contributed by atoms with Crippen LogP contribution in [0.3, 0.4) is 0 Å². The lowest BCUT2D eigenvalue weighted by molar-refractivity contribution is 0.561. The smallest absolute Gasteiger partial charge is 0.232 e. The molecule has 0 aliphatic rings. The number of sulfonamides is 1. The molecule has 0 bridgehead atoms. The van der Waals surface area contributed by atoms with Crippen LogP contribution in [0.15, 0.2) is 18.2 Å². The number of unbranched alkanes of at least 4 members (excludes halogenated alkanes) is 1. The molecule has 20 heavy (non-hydrogen) atoms. The number of hydrogen-bond acceptors (Lipinski definition) is 3. The largest absolute Gasteiger partial charge is 0.315 e. The standard InChI is InChI=1S/C14H23FN2O2S/c1-11(2)16-8-4-5-9-20(18,19)17-13-7-6-12(3)14(15)10-13/h6-7,10-11,16-17H,4-5,8-9H2,1-3H3. The summed E-state index contributed by atoms with van der Waals surface area (Å²) in [5.41, 5.74) is 0.765. The molecule has 0 saturated carbocycles. The summed E-state index contributed by atoms with van der Waals surface area (Å²) in [7, 11) is -3.41. The van der Waals surface area contributed by atoms with Gasteiger partial charge in [-0.05, 0) is 44.0 Å². The first-order valence-corrected chi connectivity index (χ1v) is 8.45. The number of hydrogen-bond donors (Lipinski definition) is 2. The highest BCUT2D eigenvalue weighted by Crippen LogP contribution is 2.15. The molecule has 0 aliphatic heterocycles. The van der Waals surface area contributed by atoms with Gasteiger partial charge in [0, 0.05) is 6.04 Å². The fraction of sp³-hybridized carbons (Fsp3) is 0.571. The first kappa shape index (κ1) is 16.9. The maximum absolute atomic E-state index is 13.3. The Morgan fingerprint density at radius 1 is 1.25 bits per heavy atom. The van der Waals surface area contributed by atoms with Crippen LogP contribution in [0, 0.1) is 12.7 Å². The van der Waals surface area contributed by atoms with E-state index in [1.54, 1.807) is 19.1 Å². The molecule has 114 valence electrons. The van der Waals surface area contributed by atoms with E-state index >= 15 is 0 Å². The fourth-order valence-corrected chi connectivity index (χ4v) is 2.87. The first-order valence-electron chi connectivity index (χ1n) is 6.80. The van der Waals surface area contributed by atoms with Gasteiger partial charge in [0.05, 0.1) is 11.4 Å². The van der Waals surface area contributed by atoms with E-state index in [-0.39, 0.29) is 11.4 Å². The van der Waals surface area contributed by atoms with Gasteiger partial charge in [-0.25, -0.2) is 12.8 Å². The normalized spacial score (nSPS) is 11.8. The monoisotopic (exact) mass is 302 g/mol. The molecule has 1 rings (SSSR count). The van der Waals surface area contributed by atoms with Crippen LogP contribution in [0.1, 0.15) is 32.3 Å². The van der Waals surface area contributed by atoms with Crippen molar-refractivity contribution < 1.29 is 12.8 Å². The molecule has 0 atom stereocenters. The lowest BCUT2D eigenvalue weighted by Gasteiger charge is -2.10. The predicted octanol–water partition coefficient (Wildman–Crippen LogP) is 2.65. The van der Waals surface area contributed by atoms with Crippen molar-refractivity contribution in [3.8, 4) is 0 Å². The van der Waals surface area contributed by atoms with E-state index in [2.05, 4.69) is 10.0 Å².